The summed E-state index contributed by atoms with van der Waals surface area (Å²) < 4.78 is 5.47. The lowest BCUT2D eigenvalue weighted by Crippen LogP contribution is -2.20. The van der Waals surface area contributed by atoms with Gasteiger partial charge in [0.15, 0.2) is 0 Å². The molecule has 0 aliphatic carbocycles. The van der Waals surface area contributed by atoms with Gasteiger partial charge in [0, 0.05) is 33.9 Å². The Morgan fingerprint density at radius 3 is 3.06 bits per heavy atom. The van der Waals surface area contributed by atoms with E-state index < -0.39 is 0 Å². The van der Waals surface area contributed by atoms with Gasteiger partial charge in [-0.1, -0.05) is 0 Å². The Hall–Kier alpha value is -1.36. The Balaban J connectivity index is 1.77. The SMILES string of the molecule is CN(C)c1cncc(NCC[C@@H]2CCCOC2)n1. The summed E-state index contributed by atoms with van der Waals surface area (Å²) in [6, 6.07) is 0. The first-order valence-corrected chi connectivity index (χ1v) is 6.56. The first kappa shape index (κ1) is 13.1. The van der Waals surface area contributed by atoms with Crippen molar-refractivity contribution >= 4 is 11.6 Å². The molecule has 0 aromatic carbocycles. The number of anilines is 2. The number of hydrogen-bond acceptors (Lipinski definition) is 5. The van der Waals surface area contributed by atoms with E-state index in [1.54, 1.807) is 12.4 Å². The highest BCUT2D eigenvalue weighted by Crippen LogP contribution is 2.17. The molecule has 100 valence electrons. The summed E-state index contributed by atoms with van der Waals surface area (Å²) in [5.41, 5.74) is 0. The fraction of sp³-hybridized carbons (Fsp3) is 0.692. The van der Waals surface area contributed by atoms with Crippen LogP contribution in [0.15, 0.2) is 12.4 Å². The molecule has 0 unspecified atom stereocenters. The van der Waals surface area contributed by atoms with Gasteiger partial charge in [-0.25, -0.2) is 4.98 Å². The third-order valence-electron chi connectivity index (χ3n) is 3.19. The molecular weight excluding hydrogens is 228 g/mol. The number of ether oxygens (including phenoxy) is 1. The van der Waals surface area contributed by atoms with Gasteiger partial charge in [-0.05, 0) is 25.2 Å². The van der Waals surface area contributed by atoms with Crippen LogP contribution in [0.2, 0.25) is 0 Å². The maximum absolute atomic E-state index is 5.47. The van der Waals surface area contributed by atoms with E-state index in [9.17, 15) is 0 Å². The summed E-state index contributed by atoms with van der Waals surface area (Å²) in [6.07, 6.45) is 7.14. The quantitative estimate of drug-likeness (QED) is 0.863. The van der Waals surface area contributed by atoms with Crippen LogP contribution in [0.5, 0.6) is 0 Å². The maximum Gasteiger partial charge on any atom is 0.149 e. The van der Waals surface area contributed by atoms with Crippen molar-refractivity contribution in [1.29, 1.82) is 0 Å². The topological polar surface area (TPSA) is 50.3 Å². The zero-order valence-electron chi connectivity index (χ0n) is 11.2. The third kappa shape index (κ3) is 3.84. The fourth-order valence-corrected chi connectivity index (χ4v) is 2.10. The molecule has 0 amide bonds. The monoisotopic (exact) mass is 250 g/mol. The van der Waals surface area contributed by atoms with Crippen LogP contribution in [0.3, 0.4) is 0 Å². The Bertz CT molecular complexity index is 364. The number of nitrogens with zero attached hydrogens (tertiary/aromatic N) is 3. The van der Waals surface area contributed by atoms with Crippen LogP contribution >= 0.6 is 0 Å². The molecule has 1 saturated heterocycles. The number of rotatable bonds is 5. The standard InChI is InChI=1S/C13H22N4O/c1-17(2)13-9-14-8-12(16-13)15-6-5-11-4-3-7-18-10-11/h8-9,11H,3-7,10H2,1-2H3,(H,15,16)/t11-/m0/s1. The molecule has 1 N–H and O–H groups in total. The second-order valence-corrected chi connectivity index (χ2v) is 4.96. The molecule has 5 nitrogen and oxygen atoms in total. The Morgan fingerprint density at radius 1 is 1.44 bits per heavy atom. The van der Waals surface area contributed by atoms with E-state index in [0.717, 1.165) is 37.8 Å². The number of hydrogen-bond donors (Lipinski definition) is 1. The minimum Gasteiger partial charge on any atom is -0.381 e. The third-order valence-corrected chi connectivity index (χ3v) is 3.19. The van der Waals surface area contributed by atoms with Gasteiger partial charge in [0.25, 0.3) is 0 Å². The Labute approximate surface area is 109 Å². The van der Waals surface area contributed by atoms with Crippen LogP contribution in [-0.4, -0.2) is 43.8 Å². The molecule has 2 rings (SSSR count). The van der Waals surface area contributed by atoms with Crippen LogP contribution in [-0.2, 0) is 4.74 Å². The fourth-order valence-electron chi connectivity index (χ4n) is 2.10. The van der Waals surface area contributed by atoms with E-state index in [-0.39, 0.29) is 0 Å². The highest BCUT2D eigenvalue weighted by Gasteiger charge is 2.13. The normalized spacial score (nSPS) is 19.6. The van der Waals surface area contributed by atoms with Gasteiger partial charge in [0.1, 0.15) is 11.6 Å². The first-order valence-electron chi connectivity index (χ1n) is 6.56. The zero-order chi connectivity index (χ0) is 12.8. The van der Waals surface area contributed by atoms with Crippen molar-refractivity contribution in [2.45, 2.75) is 19.3 Å². The van der Waals surface area contributed by atoms with E-state index in [0.29, 0.717) is 5.92 Å². The van der Waals surface area contributed by atoms with Crippen molar-refractivity contribution < 1.29 is 4.74 Å². The van der Waals surface area contributed by atoms with E-state index >= 15 is 0 Å². The molecule has 0 bridgehead atoms. The van der Waals surface area contributed by atoms with Crippen LogP contribution < -0.4 is 10.2 Å². The van der Waals surface area contributed by atoms with Gasteiger partial charge < -0.3 is 15.0 Å². The van der Waals surface area contributed by atoms with Gasteiger partial charge in [-0.3, -0.25) is 4.98 Å². The number of nitrogens with one attached hydrogen (secondary N) is 1. The van der Waals surface area contributed by atoms with Gasteiger partial charge in [0.05, 0.1) is 12.4 Å². The Morgan fingerprint density at radius 2 is 2.33 bits per heavy atom. The Kier molecular flexibility index (Phi) is 4.75. The van der Waals surface area contributed by atoms with Gasteiger partial charge in [-0.15, -0.1) is 0 Å². The van der Waals surface area contributed by atoms with Crippen molar-refractivity contribution in [2.24, 2.45) is 5.92 Å². The van der Waals surface area contributed by atoms with Crippen molar-refractivity contribution in [3.05, 3.63) is 12.4 Å². The smallest absolute Gasteiger partial charge is 0.149 e. The van der Waals surface area contributed by atoms with Crippen molar-refractivity contribution in [1.82, 2.24) is 9.97 Å². The summed E-state index contributed by atoms with van der Waals surface area (Å²) in [7, 11) is 3.93. The molecule has 5 heteroatoms. The summed E-state index contributed by atoms with van der Waals surface area (Å²) >= 11 is 0. The van der Waals surface area contributed by atoms with E-state index in [2.05, 4.69) is 15.3 Å². The number of aromatic nitrogens is 2. The molecule has 1 atom stereocenters. The van der Waals surface area contributed by atoms with Crippen LogP contribution in [0.25, 0.3) is 0 Å². The molecule has 1 aromatic rings. The minimum absolute atomic E-state index is 0.691. The predicted octanol–water partition coefficient (Wildman–Crippen LogP) is 1.77. The molecular formula is C13H22N4O. The summed E-state index contributed by atoms with van der Waals surface area (Å²) in [5.74, 6) is 2.41. The van der Waals surface area contributed by atoms with E-state index in [4.69, 9.17) is 4.74 Å². The predicted molar refractivity (Wildman–Crippen MR) is 73.0 cm³/mol. The summed E-state index contributed by atoms with van der Waals surface area (Å²) in [4.78, 5) is 10.6. The summed E-state index contributed by atoms with van der Waals surface area (Å²) in [6.45, 7) is 2.77. The average molecular weight is 250 g/mol. The minimum atomic E-state index is 0.691. The molecule has 0 saturated carbocycles. The zero-order valence-corrected chi connectivity index (χ0v) is 11.2. The van der Waals surface area contributed by atoms with Crippen molar-refractivity contribution in [3.8, 4) is 0 Å². The molecule has 18 heavy (non-hydrogen) atoms. The molecule has 2 heterocycles. The van der Waals surface area contributed by atoms with Crippen LogP contribution in [0.1, 0.15) is 19.3 Å². The van der Waals surface area contributed by atoms with Crippen LogP contribution in [0, 0.1) is 5.92 Å². The second kappa shape index (κ2) is 6.54. The van der Waals surface area contributed by atoms with E-state index in [1.807, 2.05) is 19.0 Å². The lowest BCUT2D eigenvalue weighted by Gasteiger charge is -2.22. The average Bonchev–Trinajstić information content (AvgIpc) is 2.40. The van der Waals surface area contributed by atoms with Gasteiger partial charge in [0.2, 0.25) is 0 Å². The highest BCUT2D eigenvalue weighted by atomic mass is 16.5. The lowest BCUT2D eigenvalue weighted by atomic mass is 9.99. The molecule has 0 spiro atoms. The van der Waals surface area contributed by atoms with Gasteiger partial charge in [-0.2, -0.15) is 0 Å². The molecule has 1 aliphatic heterocycles. The maximum atomic E-state index is 5.47. The molecule has 1 aromatic heterocycles. The van der Waals surface area contributed by atoms with Crippen molar-refractivity contribution in [2.75, 3.05) is 44.1 Å². The summed E-state index contributed by atoms with van der Waals surface area (Å²) in [5, 5.41) is 3.33. The van der Waals surface area contributed by atoms with Crippen LogP contribution in [0.4, 0.5) is 11.6 Å². The van der Waals surface area contributed by atoms with E-state index in [1.165, 1.54) is 12.8 Å². The lowest BCUT2D eigenvalue weighted by molar-refractivity contribution is 0.0530. The molecule has 1 fully saturated rings. The second-order valence-electron chi connectivity index (χ2n) is 4.96. The molecule has 1 aliphatic rings. The van der Waals surface area contributed by atoms with Crippen molar-refractivity contribution in [3.63, 3.8) is 0 Å². The highest BCUT2D eigenvalue weighted by molar-refractivity contribution is 5.42. The largest absolute Gasteiger partial charge is 0.381 e. The van der Waals surface area contributed by atoms with Gasteiger partial charge >= 0.3 is 0 Å². The molecule has 0 radical (unpaired) electrons. The first-order chi connectivity index (χ1) is 8.75.